The lowest BCUT2D eigenvalue weighted by Crippen LogP contribution is -2.03. The van der Waals surface area contributed by atoms with Gasteiger partial charge in [0, 0.05) is 45.4 Å². The fraction of sp³-hybridized carbons (Fsp3) is 0.0400. The number of carbonyl (C=O) groups is 1. The van der Waals surface area contributed by atoms with Crippen LogP contribution >= 0.6 is 11.6 Å². The van der Waals surface area contributed by atoms with Crippen LogP contribution in [0.4, 0.5) is 5.69 Å². The largest absolute Gasteiger partial charge is 0.342 e. The number of carbonyl (C=O) groups excluding carboxylic acids is 1. The molecule has 5 heteroatoms. The fourth-order valence-electron chi connectivity index (χ4n) is 3.87. The van der Waals surface area contributed by atoms with E-state index in [4.69, 9.17) is 16.9 Å². The Hall–Kier alpha value is -3.81. The zero-order valence-electron chi connectivity index (χ0n) is 15.9. The third-order valence-electron chi connectivity index (χ3n) is 5.32. The molecule has 0 fully saturated rings. The number of rotatable bonds is 3. The second-order valence-corrected chi connectivity index (χ2v) is 7.68. The maximum absolute atomic E-state index is 12.6. The molecule has 0 spiro atoms. The number of para-hydroxylation sites is 1. The maximum atomic E-state index is 12.6. The smallest absolute Gasteiger partial charge is 0.256 e. The van der Waals surface area contributed by atoms with Crippen molar-refractivity contribution in [1.29, 1.82) is 5.26 Å². The lowest BCUT2D eigenvalue weighted by molar-refractivity contribution is -0.110. The third kappa shape index (κ3) is 3.16. The molecule has 1 aliphatic heterocycles. The normalized spacial score (nSPS) is 14.0. The minimum atomic E-state index is -0.129. The number of amides is 1. The van der Waals surface area contributed by atoms with E-state index in [0.29, 0.717) is 22.7 Å². The van der Waals surface area contributed by atoms with Crippen molar-refractivity contribution in [2.24, 2.45) is 0 Å². The summed E-state index contributed by atoms with van der Waals surface area (Å²) in [5, 5.41) is 13.6. The molecule has 4 aromatic rings. The molecule has 5 rings (SSSR count). The standard InChI is InChI=1S/C25H16ClN3O/c26-19-9-10-21-22(25(30)28-23(21)12-19)11-18-15-29(24-4-2-1-3-20(18)24)14-17-7-5-16(13-27)6-8-17/h1-12,15H,14H2,(H,28,30)/b22-11+. The van der Waals surface area contributed by atoms with Crippen LogP contribution in [0.25, 0.3) is 22.6 Å². The summed E-state index contributed by atoms with van der Waals surface area (Å²) in [6, 6.07) is 23.3. The van der Waals surface area contributed by atoms with Gasteiger partial charge in [0.1, 0.15) is 0 Å². The Morgan fingerprint density at radius 2 is 1.87 bits per heavy atom. The van der Waals surface area contributed by atoms with Gasteiger partial charge in [0.25, 0.3) is 5.91 Å². The third-order valence-corrected chi connectivity index (χ3v) is 5.55. The quantitative estimate of drug-likeness (QED) is 0.441. The number of nitrogens with zero attached hydrogens (tertiary/aromatic N) is 2. The van der Waals surface area contributed by atoms with Crippen molar-refractivity contribution in [2.45, 2.75) is 6.54 Å². The van der Waals surface area contributed by atoms with Gasteiger partial charge in [-0.2, -0.15) is 5.26 Å². The van der Waals surface area contributed by atoms with Gasteiger partial charge in [-0.3, -0.25) is 4.79 Å². The number of benzene rings is 3. The predicted molar refractivity (Wildman–Crippen MR) is 120 cm³/mol. The van der Waals surface area contributed by atoms with Gasteiger partial charge in [-0.15, -0.1) is 0 Å². The molecule has 2 heterocycles. The van der Waals surface area contributed by atoms with E-state index in [1.54, 1.807) is 12.1 Å². The van der Waals surface area contributed by atoms with Crippen molar-refractivity contribution in [2.75, 3.05) is 5.32 Å². The first-order chi connectivity index (χ1) is 14.6. The van der Waals surface area contributed by atoms with Gasteiger partial charge in [-0.1, -0.05) is 48.0 Å². The first-order valence-electron chi connectivity index (χ1n) is 9.52. The zero-order chi connectivity index (χ0) is 20.7. The topological polar surface area (TPSA) is 57.8 Å². The summed E-state index contributed by atoms with van der Waals surface area (Å²) in [6.45, 7) is 0.674. The highest BCUT2D eigenvalue weighted by Gasteiger charge is 2.24. The van der Waals surface area contributed by atoms with Crippen LogP contribution in [0.15, 0.2) is 72.9 Å². The molecule has 3 aromatic carbocycles. The number of nitrogens with one attached hydrogen (secondary N) is 1. The van der Waals surface area contributed by atoms with Gasteiger partial charge in [0.15, 0.2) is 0 Å². The van der Waals surface area contributed by atoms with E-state index in [1.165, 1.54) is 0 Å². The number of hydrogen-bond acceptors (Lipinski definition) is 2. The van der Waals surface area contributed by atoms with Crippen molar-refractivity contribution < 1.29 is 4.79 Å². The van der Waals surface area contributed by atoms with E-state index in [1.807, 2.05) is 48.5 Å². The van der Waals surface area contributed by atoms with Crippen molar-refractivity contribution in [3.8, 4) is 6.07 Å². The molecule has 0 saturated heterocycles. The lowest BCUT2D eigenvalue weighted by atomic mass is 10.0. The van der Waals surface area contributed by atoms with Gasteiger partial charge < -0.3 is 9.88 Å². The monoisotopic (exact) mass is 409 g/mol. The van der Waals surface area contributed by atoms with Gasteiger partial charge >= 0.3 is 0 Å². The van der Waals surface area contributed by atoms with E-state index in [0.717, 1.165) is 33.3 Å². The van der Waals surface area contributed by atoms with Crippen LogP contribution < -0.4 is 5.32 Å². The molecular formula is C25H16ClN3O. The van der Waals surface area contributed by atoms with E-state index >= 15 is 0 Å². The average molecular weight is 410 g/mol. The van der Waals surface area contributed by atoms with Crippen LogP contribution in [-0.4, -0.2) is 10.5 Å². The van der Waals surface area contributed by atoms with Gasteiger partial charge in [-0.25, -0.2) is 0 Å². The summed E-state index contributed by atoms with van der Waals surface area (Å²) < 4.78 is 2.17. The predicted octanol–water partition coefficient (Wildman–Crippen LogP) is 5.71. The number of fused-ring (bicyclic) bond motifs is 2. The molecule has 0 saturated carbocycles. The van der Waals surface area contributed by atoms with Crippen molar-refractivity contribution in [1.82, 2.24) is 4.57 Å². The summed E-state index contributed by atoms with van der Waals surface area (Å²) in [7, 11) is 0. The second-order valence-electron chi connectivity index (χ2n) is 7.24. The van der Waals surface area contributed by atoms with Crippen LogP contribution in [-0.2, 0) is 11.3 Å². The highest BCUT2D eigenvalue weighted by atomic mass is 35.5. The Labute approximate surface area is 178 Å². The number of hydrogen-bond donors (Lipinski definition) is 1. The molecule has 30 heavy (non-hydrogen) atoms. The molecule has 0 bridgehead atoms. The maximum Gasteiger partial charge on any atom is 0.256 e. The van der Waals surface area contributed by atoms with Crippen LogP contribution in [0.5, 0.6) is 0 Å². The summed E-state index contributed by atoms with van der Waals surface area (Å²) in [5.74, 6) is -0.129. The number of nitriles is 1. The van der Waals surface area contributed by atoms with Crippen molar-refractivity contribution >= 4 is 45.7 Å². The molecular weight excluding hydrogens is 394 g/mol. The van der Waals surface area contributed by atoms with Crippen LogP contribution in [0.3, 0.4) is 0 Å². The van der Waals surface area contributed by atoms with E-state index in [2.05, 4.69) is 34.3 Å². The van der Waals surface area contributed by atoms with Crippen LogP contribution in [0.1, 0.15) is 22.3 Å². The number of anilines is 1. The van der Waals surface area contributed by atoms with E-state index in [9.17, 15) is 4.79 Å². The molecule has 1 aromatic heterocycles. The molecule has 0 radical (unpaired) electrons. The summed E-state index contributed by atoms with van der Waals surface area (Å²) >= 11 is 6.06. The molecule has 1 amide bonds. The van der Waals surface area contributed by atoms with Crippen LogP contribution in [0, 0.1) is 11.3 Å². The number of halogens is 1. The van der Waals surface area contributed by atoms with Gasteiger partial charge in [-0.05, 0) is 42.0 Å². The van der Waals surface area contributed by atoms with E-state index < -0.39 is 0 Å². The summed E-state index contributed by atoms with van der Waals surface area (Å²) in [4.78, 5) is 12.6. The average Bonchev–Trinajstić information content (AvgIpc) is 3.26. The highest BCUT2D eigenvalue weighted by molar-refractivity contribution is 6.36. The SMILES string of the molecule is N#Cc1ccc(Cn2cc(/C=C3/C(=O)Nc4cc(Cl)ccc43)c3ccccc32)cc1. The molecule has 144 valence electrons. The molecule has 1 N–H and O–H groups in total. The molecule has 1 aliphatic rings. The second kappa shape index (κ2) is 7.22. The summed E-state index contributed by atoms with van der Waals surface area (Å²) in [6.07, 6.45) is 4.00. The minimum absolute atomic E-state index is 0.129. The first-order valence-corrected chi connectivity index (χ1v) is 9.90. The Kier molecular flexibility index (Phi) is 4.39. The molecule has 4 nitrogen and oxygen atoms in total. The number of aromatic nitrogens is 1. The molecule has 0 atom stereocenters. The van der Waals surface area contributed by atoms with E-state index in [-0.39, 0.29) is 5.91 Å². The minimum Gasteiger partial charge on any atom is -0.342 e. The summed E-state index contributed by atoms with van der Waals surface area (Å²) in [5.41, 5.74) is 6.03. The Balaban J connectivity index is 1.59. The van der Waals surface area contributed by atoms with Crippen LogP contribution in [0.2, 0.25) is 5.02 Å². The first kappa shape index (κ1) is 18.2. The van der Waals surface area contributed by atoms with Gasteiger partial charge in [0.05, 0.1) is 17.3 Å². The van der Waals surface area contributed by atoms with Crippen molar-refractivity contribution in [3.63, 3.8) is 0 Å². The lowest BCUT2D eigenvalue weighted by Gasteiger charge is -2.05. The molecule has 0 aliphatic carbocycles. The fourth-order valence-corrected chi connectivity index (χ4v) is 4.04. The Morgan fingerprint density at radius 1 is 1.07 bits per heavy atom. The Bertz CT molecular complexity index is 1370. The Morgan fingerprint density at radius 3 is 2.67 bits per heavy atom. The zero-order valence-corrected chi connectivity index (χ0v) is 16.6. The van der Waals surface area contributed by atoms with Gasteiger partial charge in [0.2, 0.25) is 0 Å². The van der Waals surface area contributed by atoms with Crippen molar-refractivity contribution in [3.05, 3.63) is 100 Å². The molecule has 0 unspecified atom stereocenters. The highest BCUT2D eigenvalue weighted by Crippen LogP contribution is 2.36.